The highest BCUT2D eigenvalue weighted by atomic mass is 35.5. The van der Waals surface area contributed by atoms with Gasteiger partial charge in [0.25, 0.3) is 0 Å². The summed E-state index contributed by atoms with van der Waals surface area (Å²) in [5, 5.41) is 6.91. The molecule has 1 unspecified atom stereocenters. The lowest BCUT2D eigenvalue weighted by molar-refractivity contribution is 0.799. The quantitative estimate of drug-likeness (QED) is 0.861. The SMILES string of the molecule is CNc1nc(Cl)nc(NCC2CCCS2)n1. The van der Waals surface area contributed by atoms with Crippen molar-refractivity contribution in [2.45, 2.75) is 18.1 Å². The lowest BCUT2D eigenvalue weighted by Gasteiger charge is -2.10. The van der Waals surface area contributed by atoms with E-state index in [0.717, 1.165) is 6.54 Å². The molecule has 0 bridgehead atoms. The molecule has 2 rings (SSSR count). The average molecular weight is 260 g/mol. The summed E-state index contributed by atoms with van der Waals surface area (Å²) in [6.45, 7) is 0.883. The van der Waals surface area contributed by atoms with Gasteiger partial charge in [-0.05, 0) is 30.2 Å². The third-order valence-corrected chi connectivity index (χ3v) is 3.91. The summed E-state index contributed by atoms with van der Waals surface area (Å²) in [5.74, 6) is 2.28. The van der Waals surface area contributed by atoms with Gasteiger partial charge < -0.3 is 10.6 Å². The molecule has 1 fully saturated rings. The zero-order valence-electron chi connectivity index (χ0n) is 9.03. The predicted octanol–water partition coefficient (Wildman–Crippen LogP) is 1.87. The minimum atomic E-state index is 0.209. The first-order valence-corrected chi connectivity index (χ1v) is 6.65. The first kappa shape index (κ1) is 11.7. The molecule has 1 aromatic heterocycles. The monoisotopic (exact) mass is 259 g/mol. The van der Waals surface area contributed by atoms with Crippen molar-refractivity contribution in [2.75, 3.05) is 30.0 Å². The first-order chi connectivity index (χ1) is 7.78. The molecule has 0 amide bonds. The molecule has 5 nitrogen and oxygen atoms in total. The molecule has 1 aliphatic rings. The standard InChI is InChI=1S/C9H14ClN5S/c1-11-8-13-7(10)14-9(15-8)12-5-6-3-2-4-16-6/h6H,2-5H2,1H3,(H2,11,12,13,14,15). The molecular formula is C9H14ClN5S. The van der Waals surface area contributed by atoms with Crippen molar-refractivity contribution in [3.8, 4) is 0 Å². The van der Waals surface area contributed by atoms with Gasteiger partial charge in [-0.3, -0.25) is 0 Å². The molecule has 88 valence electrons. The molecule has 1 saturated heterocycles. The van der Waals surface area contributed by atoms with Crippen LogP contribution in [0.5, 0.6) is 0 Å². The molecule has 0 saturated carbocycles. The zero-order chi connectivity index (χ0) is 11.4. The fraction of sp³-hybridized carbons (Fsp3) is 0.667. The van der Waals surface area contributed by atoms with Crippen molar-refractivity contribution >= 4 is 35.3 Å². The fourth-order valence-corrected chi connectivity index (χ4v) is 2.91. The van der Waals surface area contributed by atoms with Gasteiger partial charge in [0.15, 0.2) is 0 Å². The van der Waals surface area contributed by atoms with E-state index < -0.39 is 0 Å². The fourth-order valence-electron chi connectivity index (χ4n) is 1.55. The summed E-state index contributed by atoms with van der Waals surface area (Å²) in [6.07, 6.45) is 2.56. The van der Waals surface area contributed by atoms with E-state index in [-0.39, 0.29) is 5.28 Å². The Morgan fingerprint density at radius 2 is 2.19 bits per heavy atom. The van der Waals surface area contributed by atoms with Gasteiger partial charge in [0.1, 0.15) is 0 Å². The number of anilines is 2. The Morgan fingerprint density at radius 1 is 1.38 bits per heavy atom. The molecule has 7 heteroatoms. The van der Waals surface area contributed by atoms with Gasteiger partial charge in [0.05, 0.1) is 0 Å². The highest BCUT2D eigenvalue weighted by molar-refractivity contribution is 8.00. The second kappa shape index (κ2) is 5.54. The number of halogens is 1. The second-order valence-electron chi connectivity index (χ2n) is 3.52. The maximum atomic E-state index is 5.78. The van der Waals surface area contributed by atoms with Crippen LogP contribution in [0.25, 0.3) is 0 Å². The second-order valence-corrected chi connectivity index (χ2v) is 5.26. The van der Waals surface area contributed by atoms with E-state index in [1.165, 1.54) is 18.6 Å². The number of aromatic nitrogens is 3. The van der Waals surface area contributed by atoms with E-state index in [4.69, 9.17) is 11.6 Å². The molecule has 0 aromatic carbocycles. The molecule has 2 heterocycles. The number of nitrogens with one attached hydrogen (secondary N) is 2. The van der Waals surface area contributed by atoms with Gasteiger partial charge in [0, 0.05) is 18.8 Å². The van der Waals surface area contributed by atoms with Crippen LogP contribution in [0.4, 0.5) is 11.9 Å². The predicted molar refractivity (Wildman–Crippen MR) is 68.4 cm³/mol. The Hall–Kier alpha value is -0.750. The highest BCUT2D eigenvalue weighted by Crippen LogP contribution is 2.26. The third-order valence-electron chi connectivity index (χ3n) is 2.34. The Morgan fingerprint density at radius 3 is 2.88 bits per heavy atom. The van der Waals surface area contributed by atoms with Crippen LogP contribution >= 0.6 is 23.4 Å². The minimum absolute atomic E-state index is 0.209. The van der Waals surface area contributed by atoms with Crippen LogP contribution in [-0.2, 0) is 0 Å². The van der Waals surface area contributed by atoms with Gasteiger partial charge in [-0.25, -0.2) is 0 Å². The van der Waals surface area contributed by atoms with E-state index in [0.29, 0.717) is 17.1 Å². The van der Waals surface area contributed by atoms with Gasteiger partial charge in [0.2, 0.25) is 17.2 Å². The maximum absolute atomic E-state index is 5.78. The molecule has 0 radical (unpaired) electrons. The zero-order valence-corrected chi connectivity index (χ0v) is 10.6. The van der Waals surface area contributed by atoms with Crippen LogP contribution in [0.1, 0.15) is 12.8 Å². The van der Waals surface area contributed by atoms with Crippen molar-refractivity contribution in [3.63, 3.8) is 0 Å². The van der Waals surface area contributed by atoms with E-state index in [2.05, 4.69) is 25.6 Å². The van der Waals surface area contributed by atoms with Crippen molar-refractivity contribution in [1.82, 2.24) is 15.0 Å². The molecule has 16 heavy (non-hydrogen) atoms. The first-order valence-electron chi connectivity index (χ1n) is 5.23. The molecule has 1 aliphatic heterocycles. The van der Waals surface area contributed by atoms with E-state index >= 15 is 0 Å². The van der Waals surface area contributed by atoms with E-state index in [9.17, 15) is 0 Å². The maximum Gasteiger partial charge on any atom is 0.228 e. The van der Waals surface area contributed by atoms with Crippen molar-refractivity contribution in [3.05, 3.63) is 5.28 Å². The number of nitrogens with zero attached hydrogens (tertiary/aromatic N) is 3. The van der Waals surface area contributed by atoms with Crippen LogP contribution in [0.15, 0.2) is 0 Å². The lowest BCUT2D eigenvalue weighted by Crippen LogP contribution is -2.16. The molecule has 0 aliphatic carbocycles. The summed E-state index contributed by atoms with van der Waals surface area (Å²) < 4.78 is 0. The number of rotatable bonds is 4. The van der Waals surface area contributed by atoms with Crippen LogP contribution in [0.3, 0.4) is 0 Å². The molecule has 0 spiro atoms. The average Bonchev–Trinajstić information content (AvgIpc) is 2.78. The number of thioether (sulfide) groups is 1. The molecule has 1 aromatic rings. The summed E-state index contributed by atoms with van der Waals surface area (Å²) in [4.78, 5) is 12.1. The largest absolute Gasteiger partial charge is 0.357 e. The van der Waals surface area contributed by atoms with Crippen LogP contribution < -0.4 is 10.6 Å². The van der Waals surface area contributed by atoms with E-state index in [1.807, 2.05) is 11.8 Å². The Bertz CT molecular complexity index is 356. The summed E-state index contributed by atoms with van der Waals surface area (Å²) in [5.41, 5.74) is 0. The van der Waals surface area contributed by atoms with Crippen LogP contribution in [-0.4, -0.2) is 39.5 Å². The molecular weight excluding hydrogens is 246 g/mol. The lowest BCUT2D eigenvalue weighted by atomic mass is 10.2. The molecule has 2 N–H and O–H groups in total. The van der Waals surface area contributed by atoms with Gasteiger partial charge in [-0.2, -0.15) is 26.7 Å². The third kappa shape index (κ3) is 3.12. The van der Waals surface area contributed by atoms with Gasteiger partial charge in [-0.15, -0.1) is 0 Å². The minimum Gasteiger partial charge on any atom is -0.357 e. The van der Waals surface area contributed by atoms with Gasteiger partial charge >= 0.3 is 0 Å². The molecule has 1 atom stereocenters. The summed E-state index contributed by atoms with van der Waals surface area (Å²) in [7, 11) is 1.75. The van der Waals surface area contributed by atoms with Crippen molar-refractivity contribution in [2.24, 2.45) is 0 Å². The highest BCUT2D eigenvalue weighted by Gasteiger charge is 2.15. The Balaban J connectivity index is 1.94. The topological polar surface area (TPSA) is 62.7 Å². The van der Waals surface area contributed by atoms with Crippen molar-refractivity contribution < 1.29 is 0 Å². The van der Waals surface area contributed by atoms with Crippen LogP contribution in [0.2, 0.25) is 5.28 Å². The number of hydrogen-bond acceptors (Lipinski definition) is 6. The number of hydrogen-bond donors (Lipinski definition) is 2. The smallest absolute Gasteiger partial charge is 0.228 e. The Kier molecular flexibility index (Phi) is 4.06. The van der Waals surface area contributed by atoms with Gasteiger partial charge in [-0.1, -0.05) is 0 Å². The normalized spacial score (nSPS) is 19.8. The van der Waals surface area contributed by atoms with E-state index in [1.54, 1.807) is 7.05 Å². The summed E-state index contributed by atoms with van der Waals surface area (Å²) in [6, 6.07) is 0. The Labute approximate surface area is 104 Å². The van der Waals surface area contributed by atoms with Crippen molar-refractivity contribution in [1.29, 1.82) is 0 Å². The summed E-state index contributed by atoms with van der Waals surface area (Å²) >= 11 is 7.77. The van der Waals surface area contributed by atoms with Crippen LogP contribution in [0, 0.1) is 0 Å².